The van der Waals surface area contributed by atoms with Crippen LogP contribution in [0, 0.1) is 0 Å². The minimum absolute atomic E-state index is 0.245. The molecule has 1 N–H and O–H groups in total. The minimum atomic E-state index is 0.245. The molecular formula is C10H20N2OS. The molecule has 0 aliphatic carbocycles. The standard InChI is InChI=1S/C10H20N2OS/c1-4-10(3)8-14-9(12-10)11-6-7-13-5-2/h4-8H2,1-3H3,(H,11,12). The maximum Gasteiger partial charge on any atom is 0.157 e. The molecule has 1 atom stereocenters. The second-order valence-corrected chi connectivity index (χ2v) is 4.68. The van der Waals surface area contributed by atoms with Crippen LogP contribution in [0.4, 0.5) is 0 Å². The smallest absolute Gasteiger partial charge is 0.157 e. The lowest BCUT2D eigenvalue weighted by molar-refractivity contribution is 0.156. The molecule has 0 amide bonds. The largest absolute Gasteiger partial charge is 0.380 e. The van der Waals surface area contributed by atoms with Gasteiger partial charge < -0.3 is 10.1 Å². The predicted molar refractivity (Wildman–Crippen MR) is 63.1 cm³/mol. The number of hydrogen-bond donors (Lipinski definition) is 1. The van der Waals surface area contributed by atoms with E-state index in [2.05, 4.69) is 24.2 Å². The molecule has 0 aromatic carbocycles. The third kappa shape index (κ3) is 3.50. The summed E-state index contributed by atoms with van der Waals surface area (Å²) in [6, 6.07) is 0. The van der Waals surface area contributed by atoms with E-state index in [1.807, 2.05) is 18.7 Å². The van der Waals surface area contributed by atoms with Gasteiger partial charge in [-0.05, 0) is 20.3 Å². The van der Waals surface area contributed by atoms with Crippen LogP contribution in [0.2, 0.25) is 0 Å². The first-order chi connectivity index (χ1) is 6.70. The molecule has 1 rings (SSSR count). The molecule has 1 saturated heterocycles. The van der Waals surface area contributed by atoms with Crippen LogP contribution in [-0.4, -0.2) is 36.2 Å². The average Bonchev–Trinajstić information content (AvgIpc) is 2.56. The van der Waals surface area contributed by atoms with E-state index in [-0.39, 0.29) is 5.54 Å². The first kappa shape index (κ1) is 11.9. The minimum Gasteiger partial charge on any atom is -0.380 e. The molecule has 1 unspecified atom stereocenters. The summed E-state index contributed by atoms with van der Waals surface area (Å²) in [6.07, 6.45) is 1.14. The Labute approximate surface area is 90.7 Å². The van der Waals surface area contributed by atoms with Gasteiger partial charge in [-0.25, -0.2) is 0 Å². The Bertz CT molecular complexity index is 208. The lowest BCUT2D eigenvalue weighted by Gasteiger charge is -2.20. The van der Waals surface area contributed by atoms with Crippen LogP contribution in [0.25, 0.3) is 0 Å². The molecule has 14 heavy (non-hydrogen) atoms. The van der Waals surface area contributed by atoms with E-state index in [4.69, 9.17) is 4.74 Å². The van der Waals surface area contributed by atoms with Gasteiger partial charge in [-0.3, -0.25) is 4.99 Å². The predicted octanol–water partition coefficient (Wildman–Crippen LogP) is 1.88. The first-order valence-electron chi connectivity index (χ1n) is 5.23. The number of ether oxygens (including phenoxy) is 1. The molecule has 4 heteroatoms. The Morgan fingerprint density at radius 2 is 2.36 bits per heavy atom. The molecule has 82 valence electrons. The number of amidine groups is 1. The van der Waals surface area contributed by atoms with Gasteiger partial charge in [-0.2, -0.15) is 0 Å². The van der Waals surface area contributed by atoms with Gasteiger partial charge in [0, 0.05) is 17.9 Å². The third-order valence-electron chi connectivity index (χ3n) is 2.41. The lowest BCUT2D eigenvalue weighted by Crippen LogP contribution is -2.39. The van der Waals surface area contributed by atoms with Gasteiger partial charge in [0.1, 0.15) is 0 Å². The number of thioether (sulfide) groups is 1. The van der Waals surface area contributed by atoms with E-state index in [0.717, 1.165) is 37.1 Å². The SMILES string of the molecule is CCOCCN=C1NC(C)(CC)CS1. The monoisotopic (exact) mass is 216 g/mol. The molecule has 0 spiro atoms. The summed E-state index contributed by atoms with van der Waals surface area (Å²) in [5, 5.41) is 4.53. The van der Waals surface area contributed by atoms with Crippen LogP contribution in [0.3, 0.4) is 0 Å². The second kappa shape index (κ2) is 5.61. The third-order valence-corrected chi connectivity index (χ3v) is 3.70. The molecule has 1 heterocycles. The summed E-state index contributed by atoms with van der Waals surface area (Å²) in [5.41, 5.74) is 0.245. The van der Waals surface area contributed by atoms with Gasteiger partial charge >= 0.3 is 0 Å². The van der Waals surface area contributed by atoms with Crippen molar-refractivity contribution < 1.29 is 4.74 Å². The Hall–Kier alpha value is -0.220. The maximum absolute atomic E-state index is 5.23. The van der Waals surface area contributed by atoms with E-state index in [9.17, 15) is 0 Å². The molecule has 0 radical (unpaired) electrons. The van der Waals surface area contributed by atoms with Crippen LogP contribution in [0.1, 0.15) is 27.2 Å². The summed E-state index contributed by atoms with van der Waals surface area (Å²) in [5.74, 6) is 1.12. The van der Waals surface area contributed by atoms with Crippen LogP contribution < -0.4 is 5.32 Å². The quantitative estimate of drug-likeness (QED) is 0.712. The average molecular weight is 216 g/mol. The molecule has 0 bridgehead atoms. The first-order valence-corrected chi connectivity index (χ1v) is 6.22. The zero-order valence-corrected chi connectivity index (χ0v) is 10.1. The van der Waals surface area contributed by atoms with Gasteiger partial charge in [0.2, 0.25) is 0 Å². The van der Waals surface area contributed by atoms with E-state index in [0.29, 0.717) is 0 Å². The Kier molecular flexibility index (Phi) is 4.75. The Morgan fingerprint density at radius 3 is 2.93 bits per heavy atom. The van der Waals surface area contributed by atoms with Crippen molar-refractivity contribution in [2.24, 2.45) is 4.99 Å². The number of hydrogen-bond acceptors (Lipinski definition) is 3. The molecule has 1 aliphatic rings. The molecule has 3 nitrogen and oxygen atoms in total. The van der Waals surface area contributed by atoms with Gasteiger partial charge in [-0.1, -0.05) is 18.7 Å². The maximum atomic E-state index is 5.23. The normalized spacial score (nSPS) is 29.5. The summed E-state index contributed by atoms with van der Waals surface area (Å²) in [4.78, 5) is 4.45. The van der Waals surface area contributed by atoms with Crippen LogP contribution in [0.5, 0.6) is 0 Å². The highest BCUT2D eigenvalue weighted by Crippen LogP contribution is 2.25. The molecule has 1 aliphatic heterocycles. The van der Waals surface area contributed by atoms with Crippen molar-refractivity contribution >= 4 is 16.9 Å². The fourth-order valence-electron chi connectivity index (χ4n) is 1.19. The van der Waals surface area contributed by atoms with Gasteiger partial charge in [0.15, 0.2) is 5.17 Å². The summed E-state index contributed by atoms with van der Waals surface area (Å²) >= 11 is 1.82. The highest BCUT2D eigenvalue weighted by atomic mass is 32.2. The van der Waals surface area contributed by atoms with Gasteiger partial charge in [0.25, 0.3) is 0 Å². The van der Waals surface area contributed by atoms with Crippen LogP contribution in [0.15, 0.2) is 4.99 Å². The van der Waals surface area contributed by atoms with Crippen LogP contribution in [-0.2, 0) is 4.74 Å². The number of rotatable bonds is 5. The Balaban J connectivity index is 2.27. The van der Waals surface area contributed by atoms with E-state index >= 15 is 0 Å². The highest BCUT2D eigenvalue weighted by molar-refractivity contribution is 8.14. The highest BCUT2D eigenvalue weighted by Gasteiger charge is 2.30. The second-order valence-electron chi connectivity index (χ2n) is 3.71. The van der Waals surface area contributed by atoms with Crippen molar-refractivity contribution in [1.29, 1.82) is 0 Å². The van der Waals surface area contributed by atoms with Crippen molar-refractivity contribution in [3.05, 3.63) is 0 Å². The van der Waals surface area contributed by atoms with Crippen molar-refractivity contribution in [1.82, 2.24) is 5.32 Å². The van der Waals surface area contributed by atoms with Crippen molar-refractivity contribution in [2.75, 3.05) is 25.5 Å². The zero-order chi connectivity index (χ0) is 10.4. The van der Waals surface area contributed by atoms with Crippen molar-refractivity contribution in [3.63, 3.8) is 0 Å². The molecule has 0 aromatic rings. The van der Waals surface area contributed by atoms with E-state index < -0.39 is 0 Å². The van der Waals surface area contributed by atoms with Crippen molar-refractivity contribution in [2.45, 2.75) is 32.7 Å². The van der Waals surface area contributed by atoms with Gasteiger partial charge in [0.05, 0.1) is 13.2 Å². The lowest BCUT2D eigenvalue weighted by atomic mass is 10.0. The fourth-order valence-corrected chi connectivity index (χ4v) is 2.42. The number of nitrogens with zero attached hydrogens (tertiary/aromatic N) is 1. The number of aliphatic imine (C=N–C) groups is 1. The topological polar surface area (TPSA) is 33.6 Å². The summed E-state index contributed by atoms with van der Waals surface area (Å²) in [7, 11) is 0. The molecule has 1 fully saturated rings. The zero-order valence-electron chi connectivity index (χ0n) is 9.30. The van der Waals surface area contributed by atoms with Crippen LogP contribution >= 0.6 is 11.8 Å². The molecular weight excluding hydrogens is 196 g/mol. The van der Waals surface area contributed by atoms with Crippen molar-refractivity contribution in [3.8, 4) is 0 Å². The van der Waals surface area contributed by atoms with E-state index in [1.54, 1.807) is 0 Å². The summed E-state index contributed by atoms with van der Waals surface area (Å²) in [6.45, 7) is 8.72. The molecule has 0 aromatic heterocycles. The molecule has 0 saturated carbocycles. The summed E-state index contributed by atoms with van der Waals surface area (Å²) < 4.78 is 5.23. The fraction of sp³-hybridized carbons (Fsp3) is 0.900. The van der Waals surface area contributed by atoms with E-state index in [1.165, 1.54) is 0 Å². The van der Waals surface area contributed by atoms with Gasteiger partial charge in [-0.15, -0.1) is 0 Å². The Morgan fingerprint density at radius 1 is 1.57 bits per heavy atom. The number of nitrogens with one attached hydrogen (secondary N) is 1.